The summed E-state index contributed by atoms with van der Waals surface area (Å²) in [6, 6.07) is 9.66. The Bertz CT molecular complexity index is 834. The topological polar surface area (TPSA) is 85.3 Å². The number of fused-ring (bicyclic) bond motifs is 1. The second-order valence-corrected chi connectivity index (χ2v) is 4.28. The van der Waals surface area contributed by atoms with Gasteiger partial charge in [-0.3, -0.25) is 4.79 Å². The van der Waals surface area contributed by atoms with E-state index in [4.69, 9.17) is 4.52 Å². The summed E-state index contributed by atoms with van der Waals surface area (Å²) in [5.74, 6) is -0.592. The summed E-state index contributed by atoms with van der Waals surface area (Å²) in [5, 5.41) is 13.3. The molecule has 2 aromatic heterocycles. The number of aromatic carboxylic acids is 1. The Kier molecular flexibility index (Phi) is 2.83. The van der Waals surface area contributed by atoms with Crippen molar-refractivity contribution in [3.63, 3.8) is 0 Å². The minimum absolute atomic E-state index is 0.000537. The summed E-state index contributed by atoms with van der Waals surface area (Å²) in [4.78, 5) is 23.3. The molecule has 0 bridgehead atoms. The minimum Gasteiger partial charge on any atom is -0.478 e. The first kappa shape index (κ1) is 12.2. The molecule has 3 aromatic rings. The number of hydrogen-bond acceptors (Lipinski definition) is 4. The maximum atomic E-state index is 12.1. The first-order valence-electron chi connectivity index (χ1n) is 5.92. The van der Waals surface area contributed by atoms with Gasteiger partial charge in [-0.05, 0) is 6.07 Å². The molecule has 0 amide bonds. The highest BCUT2D eigenvalue weighted by molar-refractivity contribution is 6.02. The average Bonchev–Trinajstić information content (AvgIpc) is 2.94. The van der Waals surface area contributed by atoms with Crippen LogP contribution in [0.25, 0.3) is 10.9 Å². The molecular weight excluding hydrogens is 260 g/mol. The van der Waals surface area contributed by atoms with Crippen molar-refractivity contribution in [1.82, 2.24) is 9.72 Å². The lowest BCUT2D eigenvalue weighted by molar-refractivity contribution is 0.0698. The van der Waals surface area contributed by atoms with Crippen LogP contribution in [0.1, 0.15) is 16.1 Å². The Morgan fingerprint density at radius 1 is 1.30 bits per heavy atom. The SMILES string of the molecule is O=C(O)c1cc(=O)n(Cc2ccno2)c2ccccc12. The number of benzene rings is 1. The molecule has 0 atom stereocenters. The molecule has 6 nitrogen and oxygen atoms in total. The molecule has 0 aliphatic heterocycles. The van der Waals surface area contributed by atoms with Gasteiger partial charge in [0.05, 0.1) is 23.8 Å². The van der Waals surface area contributed by atoms with Crippen LogP contribution in [-0.2, 0) is 6.54 Å². The number of para-hydroxylation sites is 1. The van der Waals surface area contributed by atoms with Crippen molar-refractivity contribution in [2.24, 2.45) is 0 Å². The Morgan fingerprint density at radius 3 is 2.80 bits per heavy atom. The zero-order chi connectivity index (χ0) is 14.1. The third-order valence-electron chi connectivity index (χ3n) is 3.05. The van der Waals surface area contributed by atoms with E-state index in [1.54, 1.807) is 30.3 Å². The fourth-order valence-corrected chi connectivity index (χ4v) is 2.15. The molecule has 0 aliphatic carbocycles. The van der Waals surface area contributed by atoms with Gasteiger partial charge in [-0.2, -0.15) is 0 Å². The quantitative estimate of drug-likeness (QED) is 0.783. The lowest BCUT2D eigenvalue weighted by Gasteiger charge is -2.10. The van der Waals surface area contributed by atoms with Gasteiger partial charge in [0.15, 0.2) is 5.76 Å². The molecular formula is C14H10N2O4. The predicted molar refractivity (Wildman–Crippen MR) is 70.8 cm³/mol. The third-order valence-corrected chi connectivity index (χ3v) is 3.05. The Hall–Kier alpha value is -2.89. The van der Waals surface area contributed by atoms with Crippen molar-refractivity contribution in [2.75, 3.05) is 0 Å². The van der Waals surface area contributed by atoms with Crippen molar-refractivity contribution < 1.29 is 14.4 Å². The van der Waals surface area contributed by atoms with E-state index in [9.17, 15) is 14.7 Å². The molecule has 6 heteroatoms. The van der Waals surface area contributed by atoms with E-state index in [2.05, 4.69) is 5.16 Å². The van der Waals surface area contributed by atoms with Crippen LogP contribution in [0, 0.1) is 0 Å². The number of hydrogen-bond donors (Lipinski definition) is 1. The number of carbonyl (C=O) groups is 1. The maximum Gasteiger partial charge on any atom is 0.336 e. The van der Waals surface area contributed by atoms with Gasteiger partial charge in [0.1, 0.15) is 0 Å². The molecule has 0 unspecified atom stereocenters. The fraction of sp³-hybridized carbons (Fsp3) is 0.0714. The normalized spacial score (nSPS) is 10.8. The highest BCUT2D eigenvalue weighted by Crippen LogP contribution is 2.17. The summed E-state index contributed by atoms with van der Waals surface area (Å²) in [7, 11) is 0. The molecule has 1 N–H and O–H groups in total. The molecule has 0 saturated carbocycles. The van der Waals surface area contributed by atoms with Gasteiger partial charge >= 0.3 is 5.97 Å². The van der Waals surface area contributed by atoms with E-state index in [1.165, 1.54) is 10.8 Å². The van der Waals surface area contributed by atoms with Crippen molar-refractivity contribution in [2.45, 2.75) is 6.54 Å². The van der Waals surface area contributed by atoms with Crippen LogP contribution in [0.3, 0.4) is 0 Å². The lowest BCUT2D eigenvalue weighted by Crippen LogP contribution is -2.22. The maximum absolute atomic E-state index is 12.1. The van der Waals surface area contributed by atoms with Gasteiger partial charge in [-0.15, -0.1) is 0 Å². The van der Waals surface area contributed by atoms with Crippen LogP contribution < -0.4 is 5.56 Å². The van der Waals surface area contributed by atoms with Crippen LogP contribution in [0.4, 0.5) is 0 Å². The van der Waals surface area contributed by atoms with Crippen molar-refractivity contribution in [3.8, 4) is 0 Å². The molecule has 2 heterocycles. The number of rotatable bonds is 3. The Labute approximate surface area is 112 Å². The average molecular weight is 270 g/mol. The summed E-state index contributed by atoms with van der Waals surface area (Å²) >= 11 is 0. The first-order chi connectivity index (χ1) is 9.66. The molecule has 1 aromatic carbocycles. The Balaban J connectivity index is 2.27. The first-order valence-corrected chi connectivity index (χ1v) is 5.92. The largest absolute Gasteiger partial charge is 0.478 e. The van der Waals surface area contributed by atoms with Gasteiger partial charge in [-0.25, -0.2) is 4.79 Å². The van der Waals surface area contributed by atoms with E-state index in [1.807, 2.05) is 0 Å². The number of carboxylic acid groups (broad SMARTS) is 1. The zero-order valence-electron chi connectivity index (χ0n) is 10.3. The smallest absolute Gasteiger partial charge is 0.336 e. The molecule has 100 valence electrons. The summed E-state index contributed by atoms with van der Waals surface area (Å²) < 4.78 is 6.45. The van der Waals surface area contributed by atoms with Crippen LogP contribution in [-0.4, -0.2) is 20.8 Å². The molecule has 0 saturated heterocycles. The third kappa shape index (κ3) is 1.97. The molecule has 0 radical (unpaired) electrons. The molecule has 0 spiro atoms. The van der Waals surface area contributed by atoms with Crippen LogP contribution in [0.2, 0.25) is 0 Å². The monoisotopic (exact) mass is 270 g/mol. The highest BCUT2D eigenvalue weighted by atomic mass is 16.5. The van der Waals surface area contributed by atoms with Crippen molar-refractivity contribution >= 4 is 16.9 Å². The number of carboxylic acids is 1. The van der Waals surface area contributed by atoms with Crippen molar-refractivity contribution in [3.05, 3.63) is 64.3 Å². The van der Waals surface area contributed by atoms with Crippen LogP contribution >= 0.6 is 0 Å². The Morgan fingerprint density at radius 2 is 2.10 bits per heavy atom. The number of pyridine rings is 1. The second kappa shape index (κ2) is 4.65. The van der Waals surface area contributed by atoms with Gasteiger partial charge in [0.25, 0.3) is 5.56 Å². The standard InChI is InChI=1S/C14H10N2O4/c17-13-7-11(14(18)19)10-3-1-2-4-12(10)16(13)8-9-5-6-15-20-9/h1-7H,8H2,(H,18,19). The lowest BCUT2D eigenvalue weighted by atomic mass is 10.1. The predicted octanol–water partition coefficient (Wildman–Crippen LogP) is 1.74. The van der Waals surface area contributed by atoms with Gasteiger partial charge in [-0.1, -0.05) is 23.4 Å². The number of aromatic nitrogens is 2. The molecule has 3 rings (SSSR count). The van der Waals surface area contributed by atoms with E-state index >= 15 is 0 Å². The van der Waals surface area contributed by atoms with E-state index in [0.29, 0.717) is 16.7 Å². The van der Waals surface area contributed by atoms with Gasteiger partial charge in [0, 0.05) is 17.5 Å². The van der Waals surface area contributed by atoms with E-state index in [0.717, 1.165) is 6.07 Å². The zero-order valence-corrected chi connectivity index (χ0v) is 10.3. The van der Waals surface area contributed by atoms with Gasteiger partial charge < -0.3 is 14.2 Å². The summed E-state index contributed by atoms with van der Waals surface area (Å²) in [5.41, 5.74) is 0.158. The van der Waals surface area contributed by atoms with Gasteiger partial charge in [0.2, 0.25) is 0 Å². The highest BCUT2D eigenvalue weighted by Gasteiger charge is 2.14. The summed E-state index contributed by atoms with van der Waals surface area (Å²) in [6.45, 7) is 0.208. The van der Waals surface area contributed by atoms with Crippen LogP contribution in [0.15, 0.2) is 51.9 Å². The molecule has 0 fully saturated rings. The summed E-state index contributed by atoms with van der Waals surface area (Å²) in [6.07, 6.45) is 1.49. The fourth-order valence-electron chi connectivity index (χ4n) is 2.15. The van der Waals surface area contributed by atoms with E-state index in [-0.39, 0.29) is 12.1 Å². The van der Waals surface area contributed by atoms with Crippen LogP contribution in [0.5, 0.6) is 0 Å². The molecule has 0 aliphatic rings. The minimum atomic E-state index is -1.12. The van der Waals surface area contributed by atoms with E-state index < -0.39 is 11.5 Å². The second-order valence-electron chi connectivity index (χ2n) is 4.28. The van der Waals surface area contributed by atoms with Crippen molar-refractivity contribution in [1.29, 1.82) is 0 Å². The number of nitrogens with zero attached hydrogens (tertiary/aromatic N) is 2. The molecule has 20 heavy (non-hydrogen) atoms.